The van der Waals surface area contributed by atoms with Crippen LogP contribution < -0.4 is 4.90 Å². The van der Waals surface area contributed by atoms with Gasteiger partial charge in [-0.1, -0.05) is 26.0 Å². The molecule has 2 fully saturated rings. The predicted molar refractivity (Wildman–Crippen MR) is 169 cm³/mol. The average Bonchev–Trinajstić information content (AvgIpc) is 3.03. The van der Waals surface area contributed by atoms with Crippen molar-refractivity contribution < 1.29 is 36.2 Å². The lowest BCUT2D eigenvalue weighted by atomic mass is 9.68. The Morgan fingerprint density at radius 1 is 0.958 bits per heavy atom. The molecule has 3 aromatic rings. The summed E-state index contributed by atoms with van der Waals surface area (Å²) in [4.78, 5) is 16.1. The van der Waals surface area contributed by atoms with E-state index in [1.165, 1.54) is 0 Å². The number of alkyl halides is 6. The van der Waals surface area contributed by atoms with Crippen LogP contribution in [0.4, 0.5) is 32.3 Å². The fourth-order valence-electron chi connectivity index (χ4n) is 7.82. The van der Waals surface area contributed by atoms with Crippen molar-refractivity contribution in [2.24, 2.45) is 5.41 Å². The third-order valence-corrected chi connectivity index (χ3v) is 10.2. The van der Waals surface area contributed by atoms with E-state index in [4.69, 9.17) is 9.72 Å². The van der Waals surface area contributed by atoms with Crippen molar-refractivity contribution in [3.8, 4) is 0 Å². The van der Waals surface area contributed by atoms with Crippen LogP contribution in [0.2, 0.25) is 0 Å². The highest BCUT2D eigenvalue weighted by atomic mass is 19.4. The van der Waals surface area contributed by atoms with E-state index in [0.717, 1.165) is 29.8 Å². The van der Waals surface area contributed by atoms with Crippen LogP contribution in [-0.4, -0.2) is 46.2 Å². The number of rotatable bonds is 7. The molecule has 6 rings (SSSR count). The van der Waals surface area contributed by atoms with E-state index in [1.807, 2.05) is 18.7 Å². The van der Waals surface area contributed by atoms with Crippen molar-refractivity contribution in [1.82, 2.24) is 15.0 Å². The van der Waals surface area contributed by atoms with Crippen LogP contribution in [0.3, 0.4) is 0 Å². The van der Waals surface area contributed by atoms with Gasteiger partial charge in [-0.15, -0.1) is 0 Å². The van der Waals surface area contributed by atoms with Gasteiger partial charge >= 0.3 is 6.18 Å². The second kappa shape index (κ2) is 13.2. The highest BCUT2D eigenvalue weighted by Gasteiger charge is 2.43. The first-order chi connectivity index (χ1) is 22.7. The van der Waals surface area contributed by atoms with E-state index < -0.39 is 35.9 Å². The normalized spacial score (nSPS) is 22.4. The molecule has 0 spiro atoms. The number of aliphatic hydroxyl groups excluding tert-OH is 1. The number of piperidine rings is 1. The van der Waals surface area contributed by atoms with Crippen LogP contribution in [0, 0.1) is 5.41 Å². The Balaban J connectivity index is 1.44. The Hall–Kier alpha value is -3.25. The summed E-state index contributed by atoms with van der Waals surface area (Å²) in [7, 11) is 1.60. The summed E-state index contributed by atoms with van der Waals surface area (Å²) in [6, 6.07) is 4.01. The molecular formula is C36H42F6N4O2. The van der Waals surface area contributed by atoms with E-state index in [0.29, 0.717) is 73.8 Å². The molecule has 2 aliphatic carbocycles. The zero-order valence-electron chi connectivity index (χ0n) is 27.5. The highest BCUT2D eigenvalue weighted by Crippen LogP contribution is 2.52. The first-order valence-electron chi connectivity index (χ1n) is 16.6. The van der Waals surface area contributed by atoms with Gasteiger partial charge in [0.05, 0.1) is 24.0 Å². The van der Waals surface area contributed by atoms with Gasteiger partial charge in [0.15, 0.2) is 6.17 Å². The Morgan fingerprint density at radius 3 is 2.17 bits per heavy atom. The van der Waals surface area contributed by atoms with Crippen molar-refractivity contribution in [2.45, 2.75) is 108 Å². The van der Waals surface area contributed by atoms with Crippen LogP contribution in [0.25, 0.3) is 0 Å². The number of nitrogens with zero attached hydrogens (tertiary/aromatic N) is 4. The van der Waals surface area contributed by atoms with Crippen LogP contribution in [0.1, 0.15) is 128 Å². The number of pyridine rings is 1. The van der Waals surface area contributed by atoms with E-state index in [9.17, 15) is 27.1 Å². The molecule has 2 atom stereocenters. The van der Waals surface area contributed by atoms with Crippen LogP contribution in [0.5, 0.6) is 0 Å². The zero-order valence-corrected chi connectivity index (χ0v) is 27.5. The summed E-state index contributed by atoms with van der Waals surface area (Å²) in [5.74, 6) is -2.92. The van der Waals surface area contributed by atoms with E-state index in [2.05, 4.69) is 9.97 Å². The van der Waals surface area contributed by atoms with Crippen molar-refractivity contribution in [2.75, 3.05) is 25.1 Å². The largest absolute Gasteiger partial charge is 0.416 e. The summed E-state index contributed by atoms with van der Waals surface area (Å²) in [6.45, 7) is 5.58. The topological polar surface area (TPSA) is 71.4 Å². The molecule has 0 amide bonds. The molecule has 6 nitrogen and oxygen atoms in total. The Morgan fingerprint density at radius 2 is 1.58 bits per heavy atom. The molecule has 12 heteroatoms. The lowest BCUT2D eigenvalue weighted by molar-refractivity contribution is -0.137. The molecule has 1 saturated carbocycles. The Kier molecular flexibility index (Phi) is 9.54. The fraction of sp³-hybridized carbons (Fsp3) is 0.583. The first kappa shape index (κ1) is 34.6. The predicted octanol–water partition coefficient (Wildman–Crippen LogP) is 8.78. The maximum Gasteiger partial charge on any atom is 0.416 e. The Bertz CT molecular complexity index is 1580. The standard InChI is InChI=1S/C36H42F6N4O2/c1-34(2)16-26-29(27(47)17-34)28(22-8-12-35(38,39)13-9-22)30(31(37)23-4-6-25(7-5-23)36(40,41)42)32(45-26)24-10-14-46(15-11-24)33-43-18-21(19-44-33)20-48-3/h4-7,18-19,22,24,27,31,47H,8-17,20H2,1-3H3/t27-,31-/m0/s1. The molecule has 1 N–H and O–H groups in total. The monoisotopic (exact) mass is 676 g/mol. The quantitative estimate of drug-likeness (QED) is 0.253. The molecule has 1 aliphatic heterocycles. The number of fused-ring (bicyclic) bond motifs is 1. The summed E-state index contributed by atoms with van der Waals surface area (Å²) >= 11 is 0. The molecule has 2 aromatic heterocycles. The number of aliphatic hydroxyl groups is 1. The van der Waals surface area contributed by atoms with Gasteiger partial charge in [0.2, 0.25) is 11.9 Å². The van der Waals surface area contributed by atoms with Crippen LogP contribution in [-0.2, 0) is 23.9 Å². The number of benzene rings is 1. The summed E-state index contributed by atoms with van der Waals surface area (Å²) in [5, 5.41) is 11.6. The zero-order chi connectivity index (χ0) is 34.4. The SMILES string of the molecule is COCc1cnc(N2CCC(c3nc4c(c(C5CCC(F)(F)CC5)c3[C@@H](F)c3ccc(C(F)(F)F)cc3)[C@@H](O)CC(C)(C)C4)CC2)nc1. The molecule has 1 aromatic carbocycles. The van der Waals surface area contributed by atoms with Gasteiger partial charge < -0.3 is 14.7 Å². The van der Waals surface area contributed by atoms with Gasteiger partial charge in [0.25, 0.3) is 0 Å². The number of methoxy groups -OCH3 is 1. The molecular weight excluding hydrogens is 634 g/mol. The minimum atomic E-state index is -4.58. The van der Waals surface area contributed by atoms with Crippen LogP contribution >= 0.6 is 0 Å². The van der Waals surface area contributed by atoms with E-state index in [1.54, 1.807) is 19.5 Å². The third kappa shape index (κ3) is 7.20. The molecule has 48 heavy (non-hydrogen) atoms. The maximum atomic E-state index is 17.2. The van der Waals surface area contributed by atoms with Gasteiger partial charge in [-0.2, -0.15) is 13.2 Å². The molecule has 0 bridgehead atoms. The molecule has 3 aliphatic rings. The van der Waals surface area contributed by atoms with Gasteiger partial charge in [0.1, 0.15) is 0 Å². The first-order valence-corrected chi connectivity index (χ1v) is 16.6. The lowest BCUT2D eigenvalue weighted by Gasteiger charge is -2.41. The molecule has 0 radical (unpaired) electrons. The van der Waals surface area contributed by atoms with Gasteiger partial charge in [-0.25, -0.2) is 23.1 Å². The van der Waals surface area contributed by atoms with Crippen LogP contribution in [0.15, 0.2) is 36.7 Å². The number of anilines is 1. The number of hydrogen-bond acceptors (Lipinski definition) is 6. The molecule has 0 unspecified atom stereocenters. The summed E-state index contributed by atoms with van der Waals surface area (Å²) in [6.07, 6.45) is -2.40. The van der Waals surface area contributed by atoms with Crippen molar-refractivity contribution in [3.05, 3.63) is 81.4 Å². The number of aromatic nitrogens is 3. The Labute approximate surface area is 277 Å². The molecule has 260 valence electrons. The lowest BCUT2D eigenvalue weighted by Crippen LogP contribution is -2.36. The number of halogens is 6. The van der Waals surface area contributed by atoms with Gasteiger partial charge in [-0.05, 0) is 73.1 Å². The van der Waals surface area contributed by atoms with E-state index >= 15 is 4.39 Å². The second-order valence-electron chi connectivity index (χ2n) is 14.4. The highest BCUT2D eigenvalue weighted by molar-refractivity contribution is 5.51. The molecule has 1 saturated heterocycles. The van der Waals surface area contributed by atoms with E-state index in [-0.39, 0.29) is 48.1 Å². The smallest absolute Gasteiger partial charge is 0.388 e. The third-order valence-electron chi connectivity index (χ3n) is 10.2. The van der Waals surface area contributed by atoms with Crippen molar-refractivity contribution >= 4 is 5.95 Å². The minimum absolute atomic E-state index is 0.0287. The van der Waals surface area contributed by atoms with Gasteiger partial charge in [-0.3, -0.25) is 4.98 Å². The molecule has 3 heterocycles. The summed E-state index contributed by atoms with van der Waals surface area (Å²) in [5.41, 5.74) is 2.11. The average molecular weight is 677 g/mol. The fourth-order valence-corrected chi connectivity index (χ4v) is 7.82. The maximum absolute atomic E-state index is 17.2. The number of ether oxygens (including phenoxy) is 1. The second-order valence-corrected chi connectivity index (χ2v) is 14.4. The summed E-state index contributed by atoms with van der Waals surface area (Å²) < 4.78 is 91.4. The van der Waals surface area contributed by atoms with Gasteiger partial charge in [0, 0.05) is 73.7 Å². The van der Waals surface area contributed by atoms with Crippen molar-refractivity contribution in [3.63, 3.8) is 0 Å². The van der Waals surface area contributed by atoms with Crippen molar-refractivity contribution in [1.29, 1.82) is 0 Å². The number of hydrogen-bond donors (Lipinski definition) is 1. The minimum Gasteiger partial charge on any atom is -0.388 e.